The Morgan fingerprint density at radius 3 is 2.32 bits per heavy atom. The first-order valence-electron chi connectivity index (χ1n) is 10.5. The second-order valence-electron chi connectivity index (χ2n) is 8.21. The number of anilines is 1. The molecule has 0 spiro atoms. The standard InChI is InChI=1S/C21H31N5O4S/c1-15(2)24-31(28,29)20-7-5-18(6-8-20)22-21(27)17(4)26-11-9-25(10-12-26)14-19-13-16(3)30-23-19/h5-8,13,15,17,24H,9-12,14H2,1-4H3,(H,22,27). The van der Waals surface area contributed by atoms with Crippen LogP contribution in [-0.2, 0) is 21.4 Å². The van der Waals surface area contributed by atoms with Gasteiger partial charge in [-0.2, -0.15) is 0 Å². The highest BCUT2D eigenvalue weighted by atomic mass is 32.2. The molecule has 2 heterocycles. The first-order chi connectivity index (χ1) is 14.6. The number of aryl methyl sites for hydroxylation is 1. The van der Waals surface area contributed by atoms with Crippen molar-refractivity contribution in [3.63, 3.8) is 0 Å². The van der Waals surface area contributed by atoms with Crippen LogP contribution in [0.5, 0.6) is 0 Å². The molecule has 9 nitrogen and oxygen atoms in total. The fraction of sp³-hybridized carbons (Fsp3) is 0.524. The van der Waals surface area contributed by atoms with E-state index in [0.717, 1.165) is 44.2 Å². The van der Waals surface area contributed by atoms with Gasteiger partial charge >= 0.3 is 0 Å². The van der Waals surface area contributed by atoms with Gasteiger partial charge in [0.25, 0.3) is 0 Å². The SMILES string of the molecule is Cc1cc(CN2CCN(C(C)C(=O)Nc3ccc(S(=O)(=O)NC(C)C)cc3)CC2)no1. The van der Waals surface area contributed by atoms with Gasteiger partial charge in [-0.05, 0) is 52.0 Å². The Hall–Kier alpha value is -2.27. The van der Waals surface area contributed by atoms with Crippen molar-refractivity contribution in [1.82, 2.24) is 19.7 Å². The van der Waals surface area contributed by atoms with Crippen molar-refractivity contribution in [2.75, 3.05) is 31.5 Å². The smallest absolute Gasteiger partial charge is 0.241 e. The minimum atomic E-state index is -3.55. The molecule has 1 aliphatic heterocycles. The minimum Gasteiger partial charge on any atom is -0.361 e. The van der Waals surface area contributed by atoms with Crippen LogP contribution in [0.2, 0.25) is 0 Å². The maximum atomic E-state index is 12.7. The number of nitrogens with one attached hydrogen (secondary N) is 2. The topological polar surface area (TPSA) is 108 Å². The van der Waals surface area contributed by atoms with Gasteiger partial charge in [-0.25, -0.2) is 13.1 Å². The van der Waals surface area contributed by atoms with Crippen LogP contribution in [0.1, 0.15) is 32.2 Å². The van der Waals surface area contributed by atoms with E-state index in [-0.39, 0.29) is 22.9 Å². The molecule has 2 aromatic rings. The lowest BCUT2D eigenvalue weighted by Crippen LogP contribution is -2.52. The zero-order valence-corrected chi connectivity index (χ0v) is 19.3. The molecule has 1 amide bonds. The Balaban J connectivity index is 1.50. The molecule has 10 heteroatoms. The maximum Gasteiger partial charge on any atom is 0.241 e. The summed E-state index contributed by atoms with van der Waals surface area (Å²) in [6, 6.07) is 7.67. The molecule has 1 saturated heterocycles. The van der Waals surface area contributed by atoms with Crippen LogP contribution in [0.15, 0.2) is 39.8 Å². The summed E-state index contributed by atoms with van der Waals surface area (Å²) in [6.45, 7) is 11.3. The molecular formula is C21H31N5O4S. The van der Waals surface area contributed by atoms with E-state index >= 15 is 0 Å². The van der Waals surface area contributed by atoms with Crippen LogP contribution in [0, 0.1) is 6.92 Å². The number of aromatic nitrogens is 1. The molecule has 1 aromatic carbocycles. The van der Waals surface area contributed by atoms with Crippen molar-refractivity contribution in [3.05, 3.63) is 41.8 Å². The van der Waals surface area contributed by atoms with E-state index in [9.17, 15) is 13.2 Å². The lowest BCUT2D eigenvalue weighted by atomic mass is 10.2. The Kier molecular flexibility index (Phi) is 7.47. The second kappa shape index (κ2) is 9.90. The van der Waals surface area contributed by atoms with Gasteiger partial charge in [0.15, 0.2) is 0 Å². The molecular weight excluding hydrogens is 418 g/mol. The average Bonchev–Trinajstić information content (AvgIpc) is 3.12. The average molecular weight is 450 g/mol. The van der Waals surface area contributed by atoms with E-state index in [0.29, 0.717) is 5.69 Å². The summed E-state index contributed by atoms with van der Waals surface area (Å²) in [5.41, 5.74) is 1.49. The van der Waals surface area contributed by atoms with E-state index in [4.69, 9.17) is 4.52 Å². The van der Waals surface area contributed by atoms with Crippen molar-refractivity contribution in [2.45, 2.75) is 51.2 Å². The minimum absolute atomic E-state index is 0.114. The van der Waals surface area contributed by atoms with Crippen molar-refractivity contribution < 1.29 is 17.7 Å². The number of amides is 1. The van der Waals surface area contributed by atoms with Crippen LogP contribution in [-0.4, -0.2) is 67.5 Å². The number of nitrogens with zero attached hydrogens (tertiary/aromatic N) is 3. The summed E-state index contributed by atoms with van der Waals surface area (Å²) >= 11 is 0. The van der Waals surface area contributed by atoms with Crippen LogP contribution in [0.4, 0.5) is 5.69 Å². The third-order valence-corrected chi connectivity index (χ3v) is 6.89. The van der Waals surface area contributed by atoms with Crippen molar-refractivity contribution in [1.29, 1.82) is 0 Å². The molecule has 1 fully saturated rings. The van der Waals surface area contributed by atoms with E-state index in [1.807, 2.05) is 19.9 Å². The van der Waals surface area contributed by atoms with Gasteiger partial charge < -0.3 is 9.84 Å². The van der Waals surface area contributed by atoms with Gasteiger partial charge in [-0.3, -0.25) is 14.6 Å². The molecule has 2 N–H and O–H groups in total. The fourth-order valence-corrected chi connectivity index (χ4v) is 4.79. The molecule has 0 radical (unpaired) electrons. The molecule has 0 bridgehead atoms. The maximum absolute atomic E-state index is 12.7. The number of hydrogen-bond donors (Lipinski definition) is 2. The highest BCUT2D eigenvalue weighted by molar-refractivity contribution is 7.89. The predicted octanol–water partition coefficient (Wildman–Crippen LogP) is 1.81. The first kappa shape index (κ1) is 23.4. The zero-order chi connectivity index (χ0) is 22.6. The number of sulfonamides is 1. The Morgan fingerprint density at radius 2 is 1.77 bits per heavy atom. The van der Waals surface area contributed by atoms with Crippen LogP contribution in [0.3, 0.4) is 0 Å². The van der Waals surface area contributed by atoms with Gasteiger partial charge in [0.2, 0.25) is 15.9 Å². The molecule has 1 unspecified atom stereocenters. The highest BCUT2D eigenvalue weighted by Crippen LogP contribution is 2.16. The van der Waals surface area contributed by atoms with Crippen molar-refractivity contribution in [3.8, 4) is 0 Å². The molecule has 170 valence electrons. The van der Waals surface area contributed by atoms with Crippen LogP contribution in [0.25, 0.3) is 0 Å². The molecule has 1 atom stereocenters. The number of hydrogen-bond acceptors (Lipinski definition) is 7. The monoisotopic (exact) mass is 449 g/mol. The fourth-order valence-electron chi connectivity index (χ4n) is 3.54. The predicted molar refractivity (Wildman–Crippen MR) is 118 cm³/mol. The van der Waals surface area contributed by atoms with Crippen molar-refractivity contribution in [2.24, 2.45) is 0 Å². The summed E-state index contributed by atoms with van der Waals surface area (Å²) in [6.07, 6.45) is 0. The number of benzene rings is 1. The summed E-state index contributed by atoms with van der Waals surface area (Å²) < 4.78 is 32.1. The lowest BCUT2D eigenvalue weighted by Gasteiger charge is -2.37. The Bertz CT molecular complexity index is 979. The largest absolute Gasteiger partial charge is 0.361 e. The van der Waals surface area contributed by atoms with E-state index < -0.39 is 10.0 Å². The van der Waals surface area contributed by atoms with Gasteiger partial charge in [-0.15, -0.1) is 0 Å². The van der Waals surface area contributed by atoms with E-state index in [1.165, 1.54) is 12.1 Å². The Labute approximate surface area is 183 Å². The molecule has 0 saturated carbocycles. The molecule has 1 aliphatic rings. The molecule has 3 rings (SSSR count). The quantitative estimate of drug-likeness (QED) is 0.633. The number of carbonyl (C=O) groups excluding carboxylic acids is 1. The van der Waals surface area contributed by atoms with Gasteiger partial charge in [0.1, 0.15) is 5.76 Å². The van der Waals surface area contributed by atoms with E-state index in [1.54, 1.807) is 26.0 Å². The number of piperazine rings is 1. The summed E-state index contributed by atoms with van der Waals surface area (Å²) in [5.74, 6) is 0.692. The van der Waals surface area contributed by atoms with Crippen LogP contribution >= 0.6 is 0 Å². The van der Waals surface area contributed by atoms with Gasteiger partial charge in [0, 0.05) is 50.5 Å². The third-order valence-electron chi connectivity index (χ3n) is 5.22. The highest BCUT2D eigenvalue weighted by Gasteiger charge is 2.26. The zero-order valence-electron chi connectivity index (χ0n) is 18.5. The molecule has 0 aliphatic carbocycles. The van der Waals surface area contributed by atoms with Crippen molar-refractivity contribution >= 4 is 21.6 Å². The van der Waals surface area contributed by atoms with Crippen LogP contribution < -0.4 is 10.0 Å². The number of rotatable bonds is 8. The van der Waals surface area contributed by atoms with Gasteiger partial charge in [0.05, 0.1) is 16.6 Å². The third kappa shape index (κ3) is 6.36. The molecule has 31 heavy (non-hydrogen) atoms. The second-order valence-corrected chi connectivity index (χ2v) is 9.92. The van der Waals surface area contributed by atoms with E-state index in [2.05, 4.69) is 25.0 Å². The summed E-state index contributed by atoms with van der Waals surface area (Å²) in [4.78, 5) is 17.3. The lowest BCUT2D eigenvalue weighted by molar-refractivity contribution is -0.121. The first-order valence-corrected chi connectivity index (χ1v) is 11.9. The normalized spacial score (nSPS) is 17.1. The number of carbonyl (C=O) groups is 1. The van der Waals surface area contributed by atoms with Gasteiger partial charge in [-0.1, -0.05) is 5.16 Å². The summed E-state index contributed by atoms with van der Waals surface area (Å²) in [7, 11) is -3.55. The summed E-state index contributed by atoms with van der Waals surface area (Å²) in [5, 5.41) is 6.92. The Morgan fingerprint density at radius 1 is 1.13 bits per heavy atom. The molecule has 1 aromatic heterocycles.